The average Bonchev–Trinajstić information content (AvgIpc) is 2.75. The van der Waals surface area contributed by atoms with Gasteiger partial charge in [-0.3, -0.25) is 18.6 Å². The van der Waals surface area contributed by atoms with Gasteiger partial charge in [0, 0.05) is 19.4 Å². The van der Waals surface area contributed by atoms with Crippen molar-refractivity contribution in [3.8, 4) is 0 Å². The molecule has 0 aromatic rings. The molecule has 2 unspecified atom stereocenters. The van der Waals surface area contributed by atoms with Crippen molar-refractivity contribution in [1.82, 2.24) is 0 Å². The maximum Gasteiger partial charge on any atom is 0.472 e. The average molecular weight is 1320 g/mol. The molecule has 0 radical (unpaired) electrons. The molecule has 0 aromatic heterocycles. The summed E-state index contributed by atoms with van der Waals surface area (Å²) in [6.45, 7) is 3.39. The van der Waals surface area contributed by atoms with Crippen LogP contribution in [0, 0.1) is 0 Å². The molecule has 9 nitrogen and oxygen atoms in total. The van der Waals surface area contributed by atoms with E-state index in [1.807, 2.05) is 0 Å². The van der Waals surface area contributed by atoms with Crippen LogP contribution in [-0.2, 0) is 32.7 Å². The lowest BCUT2D eigenvalue weighted by molar-refractivity contribution is -0.161. The highest BCUT2D eigenvalue weighted by molar-refractivity contribution is 7.47. The molecule has 3 N–H and O–H groups in total. The van der Waals surface area contributed by atoms with Gasteiger partial charge in [-0.15, -0.1) is 0 Å². The van der Waals surface area contributed by atoms with Gasteiger partial charge in [-0.25, -0.2) is 4.57 Å². The zero-order valence-corrected chi connectivity index (χ0v) is 59.7. The Morgan fingerprint density at radius 2 is 0.547 bits per heavy atom. The van der Waals surface area contributed by atoms with E-state index in [0.29, 0.717) is 12.8 Å². The molecule has 0 saturated carbocycles. The smallest absolute Gasteiger partial charge is 0.462 e. The van der Waals surface area contributed by atoms with Crippen molar-refractivity contribution in [3.05, 3.63) is 267 Å². The summed E-state index contributed by atoms with van der Waals surface area (Å²) in [5, 5.41) is 0. The van der Waals surface area contributed by atoms with E-state index in [0.717, 1.165) is 180 Å². The van der Waals surface area contributed by atoms with Gasteiger partial charge in [0.15, 0.2) is 6.10 Å². The Labute approximate surface area is 579 Å². The van der Waals surface area contributed by atoms with Crippen molar-refractivity contribution >= 4 is 19.8 Å². The number of ether oxygens (including phenoxy) is 2. The Hall–Kier alpha value is -6.71. The number of esters is 2. The molecule has 524 valence electrons. The van der Waals surface area contributed by atoms with E-state index in [4.69, 9.17) is 24.3 Å². The number of rotatable bonds is 63. The minimum absolute atomic E-state index is 0.0272. The second kappa shape index (κ2) is 76.3. The van der Waals surface area contributed by atoms with Crippen LogP contribution in [0.25, 0.3) is 0 Å². The number of carbonyl (C=O) groups excluding carboxylic acids is 2. The zero-order valence-electron chi connectivity index (χ0n) is 58.8. The third-order valence-corrected chi connectivity index (χ3v) is 14.6. The molecule has 0 amide bonds. The molecule has 95 heavy (non-hydrogen) atoms. The normalized spacial score (nSPS) is 14.5. The lowest BCUT2D eigenvalue weighted by Crippen LogP contribution is -2.29. The van der Waals surface area contributed by atoms with E-state index >= 15 is 0 Å². The van der Waals surface area contributed by atoms with Gasteiger partial charge in [-0.05, 0) is 180 Å². The third kappa shape index (κ3) is 76.2. The van der Waals surface area contributed by atoms with Crippen LogP contribution in [0.3, 0.4) is 0 Å². The zero-order chi connectivity index (χ0) is 68.6. The number of unbranched alkanes of at least 4 members (excludes halogenated alkanes) is 6. The summed E-state index contributed by atoms with van der Waals surface area (Å²) in [5.41, 5.74) is 5.39. The number of nitrogens with two attached hydrogens (primary N) is 1. The molecule has 0 spiro atoms. The Bertz CT molecular complexity index is 2560. The third-order valence-electron chi connectivity index (χ3n) is 13.6. The van der Waals surface area contributed by atoms with Gasteiger partial charge in [0.2, 0.25) is 0 Å². The van der Waals surface area contributed by atoms with Crippen LogP contribution in [0.5, 0.6) is 0 Å². The minimum atomic E-state index is -4.43. The number of allylic oxidation sites excluding steroid dienone is 44. The fraction of sp³-hybridized carbons (Fsp3) is 0.459. The molecule has 0 aliphatic heterocycles. The molecule has 0 heterocycles. The maximum absolute atomic E-state index is 12.8. The summed E-state index contributed by atoms with van der Waals surface area (Å²) in [7, 11) is -4.43. The quantitative estimate of drug-likeness (QED) is 0.0264. The molecule has 0 fully saturated rings. The van der Waals surface area contributed by atoms with Gasteiger partial charge in [0.05, 0.1) is 13.2 Å². The van der Waals surface area contributed by atoms with Crippen molar-refractivity contribution in [3.63, 3.8) is 0 Å². The van der Waals surface area contributed by atoms with E-state index in [9.17, 15) is 19.0 Å². The van der Waals surface area contributed by atoms with Crippen molar-refractivity contribution in [2.24, 2.45) is 5.73 Å². The van der Waals surface area contributed by atoms with Crippen molar-refractivity contribution in [2.75, 3.05) is 26.4 Å². The highest BCUT2D eigenvalue weighted by Crippen LogP contribution is 2.43. The summed E-state index contributed by atoms with van der Waals surface area (Å²) in [6, 6.07) is 0. The van der Waals surface area contributed by atoms with Crippen LogP contribution >= 0.6 is 7.82 Å². The van der Waals surface area contributed by atoms with E-state index in [-0.39, 0.29) is 32.6 Å². The minimum Gasteiger partial charge on any atom is -0.462 e. The first-order chi connectivity index (χ1) is 46.8. The van der Waals surface area contributed by atoms with Crippen LogP contribution in [0.15, 0.2) is 267 Å². The highest BCUT2D eigenvalue weighted by Gasteiger charge is 2.26. The Morgan fingerprint density at radius 1 is 0.316 bits per heavy atom. The van der Waals surface area contributed by atoms with Gasteiger partial charge in [-0.1, -0.05) is 294 Å². The Balaban J connectivity index is 4.14. The topological polar surface area (TPSA) is 134 Å². The number of phosphoric acid groups is 1. The molecule has 0 aliphatic carbocycles. The van der Waals surface area contributed by atoms with E-state index in [2.05, 4.69) is 281 Å². The highest BCUT2D eigenvalue weighted by atomic mass is 31.2. The van der Waals surface area contributed by atoms with Crippen LogP contribution in [-0.4, -0.2) is 49.3 Å². The molecule has 2 atom stereocenters. The monoisotopic (exact) mass is 1320 g/mol. The second-order valence-electron chi connectivity index (χ2n) is 22.3. The number of phosphoric ester groups is 1. The lowest BCUT2D eigenvalue weighted by atomic mass is 10.1. The number of hydrogen-bond acceptors (Lipinski definition) is 8. The van der Waals surface area contributed by atoms with Crippen molar-refractivity contribution in [2.45, 2.75) is 225 Å². The summed E-state index contributed by atoms with van der Waals surface area (Å²) < 4.78 is 33.1. The van der Waals surface area contributed by atoms with Crippen LogP contribution in [0.1, 0.15) is 219 Å². The predicted molar refractivity (Wildman–Crippen MR) is 412 cm³/mol. The summed E-state index contributed by atoms with van der Waals surface area (Å²) in [4.78, 5) is 35.3. The lowest BCUT2D eigenvalue weighted by Gasteiger charge is -2.19. The first-order valence-electron chi connectivity index (χ1n) is 35.8. The van der Waals surface area contributed by atoms with Gasteiger partial charge in [0.25, 0.3) is 0 Å². The summed E-state index contributed by atoms with van der Waals surface area (Å²) in [5.74, 6) is -0.933. The molecule has 0 aromatic carbocycles. The molecular formula is C85H126NO8P. The maximum atomic E-state index is 12.8. The SMILES string of the molecule is CC/C=C\C/C=C\C/C=C\C/C=C\C/C=C\C/C=C\C/C=C\C/C=C\C/C=C\C/C=C\C/C=C\C/C=C\CCCCCCC(=O)OC(COC(=O)CCCC/C=C\C/C=C\C/C=C\C/C=C\C/C=C\C/C=C\C/C=C\C/C=C\C/C=C\C/C=C\CC)COP(=O)(O)OCCN. The molecule has 0 aliphatic rings. The van der Waals surface area contributed by atoms with Crippen LogP contribution in [0.4, 0.5) is 0 Å². The van der Waals surface area contributed by atoms with Crippen LogP contribution < -0.4 is 5.73 Å². The van der Waals surface area contributed by atoms with Gasteiger partial charge in [-0.2, -0.15) is 0 Å². The summed E-state index contributed by atoms with van der Waals surface area (Å²) in [6.07, 6.45) is 125. The Kier molecular flexibility index (Phi) is 70.9. The fourth-order valence-corrected chi connectivity index (χ4v) is 9.17. The van der Waals surface area contributed by atoms with Crippen LogP contribution in [0.2, 0.25) is 0 Å². The van der Waals surface area contributed by atoms with Gasteiger partial charge < -0.3 is 20.1 Å². The van der Waals surface area contributed by atoms with E-state index in [1.54, 1.807) is 0 Å². The first kappa shape index (κ1) is 88.3. The molecular weight excluding hydrogens is 1190 g/mol. The number of carbonyl (C=O) groups is 2. The van der Waals surface area contributed by atoms with Gasteiger partial charge >= 0.3 is 19.8 Å². The van der Waals surface area contributed by atoms with Gasteiger partial charge in [0.1, 0.15) is 6.61 Å². The molecule has 0 bridgehead atoms. The summed E-state index contributed by atoms with van der Waals surface area (Å²) >= 11 is 0. The molecule has 0 rings (SSSR count). The van der Waals surface area contributed by atoms with Crippen molar-refractivity contribution in [1.29, 1.82) is 0 Å². The van der Waals surface area contributed by atoms with E-state index < -0.39 is 32.5 Å². The fourth-order valence-electron chi connectivity index (χ4n) is 8.41. The standard InChI is InChI=1S/C85H126NO8P/c1-3-5-7-9-11-13-15-17-19-21-23-25-27-29-31-33-35-37-38-39-40-41-42-43-44-46-48-50-52-54-56-58-60-62-64-66-68-70-72-74-76-78-85(88)94-83(82-93-95(89,90)92-80-79-86)81-91-84(87)77-75-73-71-69-67-65-63-61-59-57-55-53-51-49-47-45-36-34-32-30-28-26-24-22-20-18-16-14-12-10-8-6-4-2/h5-8,11-14,17-20,23-26,29-32,35-37,39-40,42-43,45-46,48-49,51-52,54-55,57-58,60-61,63-64,66-67,69,83H,3-4,9-10,15-16,21-22,27-28,33-34,38,41,44,47,50,53,56,59,62,65,68,70-82,86H2,1-2H3,(H,89,90)/b7-5-,8-6-,13-11-,14-12-,19-17-,20-18-,25-23-,26-24-,31-29-,32-30-,37-35-,40-39-,43-42-,45-36-,48-46-,51-49-,54-52-,57-55-,60-58-,63-61-,66-64-,69-67-. The van der Waals surface area contributed by atoms with E-state index in [1.165, 1.54) is 0 Å². The largest absolute Gasteiger partial charge is 0.472 e. The van der Waals surface area contributed by atoms with Crippen molar-refractivity contribution < 1.29 is 37.6 Å². The molecule has 0 saturated heterocycles. The number of hydrogen-bond donors (Lipinski definition) is 2. The second-order valence-corrected chi connectivity index (χ2v) is 23.7. The predicted octanol–water partition coefficient (Wildman–Crippen LogP) is 24.3. The first-order valence-corrected chi connectivity index (χ1v) is 37.3. The molecule has 10 heteroatoms. The Morgan fingerprint density at radius 3 is 0.821 bits per heavy atom.